The van der Waals surface area contributed by atoms with Crippen molar-refractivity contribution in [3.8, 4) is 5.75 Å². The highest BCUT2D eigenvalue weighted by molar-refractivity contribution is 5.87. The summed E-state index contributed by atoms with van der Waals surface area (Å²) in [6, 6.07) is 6.99. The van der Waals surface area contributed by atoms with Gasteiger partial charge >= 0.3 is 0 Å². The molecular weight excluding hydrogens is 284 g/mol. The summed E-state index contributed by atoms with van der Waals surface area (Å²) in [5.74, 6) is 0.976. The van der Waals surface area contributed by atoms with Gasteiger partial charge < -0.3 is 14.6 Å². The van der Waals surface area contributed by atoms with Crippen LogP contribution >= 0.6 is 0 Å². The maximum atomic E-state index is 6.03. The summed E-state index contributed by atoms with van der Waals surface area (Å²) in [5, 5.41) is 4.87. The van der Waals surface area contributed by atoms with Gasteiger partial charge in [-0.3, -0.25) is 0 Å². The Morgan fingerprint density at radius 1 is 1.17 bits per heavy atom. The molecule has 0 aliphatic carbocycles. The van der Waals surface area contributed by atoms with E-state index in [1.54, 1.807) is 0 Å². The van der Waals surface area contributed by atoms with Gasteiger partial charge in [-0.2, -0.15) is 0 Å². The zero-order chi connectivity index (χ0) is 17.0. The number of nitrogens with one attached hydrogen (secondary N) is 1. The average Bonchev–Trinajstić information content (AvgIpc) is 2.79. The van der Waals surface area contributed by atoms with Crippen LogP contribution in [0.3, 0.4) is 0 Å². The van der Waals surface area contributed by atoms with Gasteiger partial charge in [-0.1, -0.05) is 13.8 Å². The Morgan fingerprint density at radius 2 is 1.91 bits per heavy atom. The normalized spacial score (nSPS) is 13.0. The molecule has 2 rings (SSSR count). The number of nitrogens with zero attached hydrogens (tertiary/aromatic N) is 1. The lowest BCUT2D eigenvalue weighted by Gasteiger charge is -2.14. The third-order valence-corrected chi connectivity index (χ3v) is 4.51. The Morgan fingerprint density at radius 3 is 2.52 bits per heavy atom. The third kappa shape index (κ3) is 3.89. The number of fused-ring (bicyclic) bond motifs is 1. The van der Waals surface area contributed by atoms with E-state index in [0.29, 0.717) is 6.04 Å². The molecule has 0 fully saturated rings. The SMILES string of the molecule is CCCNCc1c(C)n(C(C)C)c2ccc(OC(C)CC)cc12. The predicted molar refractivity (Wildman–Crippen MR) is 99.4 cm³/mol. The van der Waals surface area contributed by atoms with E-state index in [0.717, 1.165) is 31.7 Å². The quantitative estimate of drug-likeness (QED) is 0.677. The Labute approximate surface area is 141 Å². The molecule has 0 radical (unpaired) electrons. The second-order valence-electron chi connectivity index (χ2n) is 6.72. The van der Waals surface area contributed by atoms with Gasteiger partial charge in [-0.05, 0) is 70.8 Å². The molecule has 3 heteroatoms. The molecule has 3 nitrogen and oxygen atoms in total. The molecule has 0 spiro atoms. The van der Waals surface area contributed by atoms with E-state index in [1.165, 1.54) is 22.2 Å². The summed E-state index contributed by atoms with van der Waals surface area (Å²) in [4.78, 5) is 0. The summed E-state index contributed by atoms with van der Waals surface area (Å²) in [7, 11) is 0. The summed E-state index contributed by atoms with van der Waals surface area (Å²) in [5.41, 5.74) is 4.07. The first-order valence-corrected chi connectivity index (χ1v) is 9.00. The fraction of sp³-hybridized carbons (Fsp3) is 0.600. The van der Waals surface area contributed by atoms with Crippen LogP contribution in [0.25, 0.3) is 10.9 Å². The maximum absolute atomic E-state index is 6.03. The molecule has 0 aliphatic heterocycles. The molecule has 1 aromatic heterocycles. The average molecular weight is 316 g/mol. The highest BCUT2D eigenvalue weighted by atomic mass is 16.5. The fourth-order valence-electron chi connectivity index (χ4n) is 3.16. The van der Waals surface area contributed by atoms with Crippen LogP contribution in [0.15, 0.2) is 18.2 Å². The Balaban J connectivity index is 2.47. The van der Waals surface area contributed by atoms with Crippen LogP contribution in [0.2, 0.25) is 0 Å². The maximum Gasteiger partial charge on any atom is 0.120 e. The first-order valence-electron chi connectivity index (χ1n) is 9.00. The molecule has 0 amide bonds. The van der Waals surface area contributed by atoms with Gasteiger partial charge in [0.2, 0.25) is 0 Å². The summed E-state index contributed by atoms with van der Waals surface area (Å²) < 4.78 is 8.47. The largest absolute Gasteiger partial charge is 0.491 e. The molecule has 1 aromatic carbocycles. The summed E-state index contributed by atoms with van der Waals surface area (Å²) in [6.45, 7) is 15.2. The van der Waals surface area contributed by atoms with Gasteiger partial charge in [-0.25, -0.2) is 0 Å². The molecule has 23 heavy (non-hydrogen) atoms. The Kier molecular flexibility index (Phi) is 6.11. The lowest BCUT2D eigenvalue weighted by molar-refractivity contribution is 0.217. The van der Waals surface area contributed by atoms with Gasteiger partial charge in [0.25, 0.3) is 0 Å². The van der Waals surface area contributed by atoms with E-state index >= 15 is 0 Å². The van der Waals surface area contributed by atoms with Crippen LogP contribution in [0, 0.1) is 6.92 Å². The van der Waals surface area contributed by atoms with Crippen molar-refractivity contribution in [3.63, 3.8) is 0 Å². The minimum Gasteiger partial charge on any atom is -0.491 e. The van der Waals surface area contributed by atoms with E-state index in [4.69, 9.17) is 4.74 Å². The number of ether oxygens (including phenoxy) is 1. The molecular formula is C20H32N2O. The lowest BCUT2D eigenvalue weighted by atomic mass is 10.1. The van der Waals surface area contributed by atoms with Crippen LogP contribution in [-0.4, -0.2) is 17.2 Å². The first-order chi connectivity index (χ1) is 11.0. The van der Waals surface area contributed by atoms with E-state index < -0.39 is 0 Å². The van der Waals surface area contributed by atoms with Crippen molar-refractivity contribution in [2.75, 3.05) is 6.54 Å². The number of hydrogen-bond donors (Lipinski definition) is 1. The van der Waals surface area contributed by atoms with E-state index in [9.17, 15) is 0 Å². The van der Waals surface area contributed by atoms with Gasteiger partial charge in [0, 0.05) is 29.2 Å². The smallest absolute Gasteiger partial charge is 0.120 e. The van der Waals surface area contributed by atoms with Crippen molar-refractivity contribution in [1.82, 2.24) is 9.88 Å². The minimum absolute atomic E-state index is 0.252. The van der Waals surface area contributed by atoms with Crippen LogP contribution in [-0.2, 0) is 6.54 Å². The summed E-state index contributed by atoms with van der Waals surface area (Å²) >= 11 is 0. The topological polar surface area (TPSA) is 26.2 Å². The number of benzene rings is 1. The van der Waals surface area contributed by atoms with Gasteiger partial charge in [-0.15, -0.1) is 0 Å². The molecule has 2 aromatic rings. The predicted octanol–water partition coefficient (Wildman–Crippen LogP) is 5.21. The van der Waals surface area contributed by atoms with Crippen LogP contribution in [0.1, 0.15) is 64.8 Å². The van der Waals surface area contributed by atoms with Crippen molar-refractivity contribution in [2.24, 2.45) is 0 Å². The molecule has 128 valence electrons. The highest BCUT2D eigenvalue weighted by Crippen LogP contribution is 2.32. The Bertz CT molecular complexity index is 643. The number of hydrogen-bond acceptors (Lipinski definition) is 2. The van der Waals surface area contributed by atoms with Crippen molar-refractivity contribution in [3.05, 3.63) is 29.5 Å². The van der Waals surface area contributed by atoms with Crippen LogP contribution in [0.4, 0.5) is 0 Å². The third-order valence-electron chi connectivity index (χ3n) is 4.51. The summed E-state index contributed by atoms with van der Waals surface area (Å²) in [6.07, 6.45) is 2.43. The van der Waals surface area contributed by atoms with Crippen molar-refractivity contribution < 1.29 is 4.74 Å². The highest BCUT2D eigenvalue weighted by Gasteiger charge is 2.16. The zero-order valence-electron chi connectivity index (χ0n) is 15.6. The van der Waals surface area contributed by atoms with Gasteiger partial charge in [0.05, 0.1) is 6.10 Å². The lowest BCUT2D eigenvalue weighted by Crippen LogP contribution is -2.14. The molecule has 1 heterocycles. The molecule has 0 saturated carbocycles. The molecule has 0 aliphatic rings. The first kappa shape index (κ1) is 17.9. The molecule has 0 bridgehead atoms. The standard InChI is InChI=1S/C20H32N2O/c1-7-11-21-13-19-16(6)22(14(3)4)20-10-9-17(12-18(19)20)23-15(5)8-2/h9-10,12,14-15,21H,7-8,11,13H2,1-6H3. The molecule has 1 N–H and O–H groups in total. The fourth-order valence-corrected chi connectivity index (χ4v) is 3.16. The van der Waals surface area contributed by atoms with E-state index in [2.05, 4.69) is 69.6 Å². The van der Waals surface area contributed by atoms with Crippen LogP contribution in [0.5, 0.6) is 5.75 Å². The second-order valence-corrected chi connectivity index (χ2v) is 6.72. The van der Waals surface area contributed by atoms with Crippen LogP contribution < -0.4 is 10.1 Å². The van der Waals surface area contributed by atoms with Gasteiger partial charge in [0.1, 0.15) is 5.75 Å². The van der Waals surface area contributed by atoms with E-state index in [-0.39, 0.29) is 6.10 Å². The number of aromatic nitrogens is 1. The molecule has 1 unspecified atom stereocenters. The second kappa shape index (κ2) is 7.87. The van der Waals surface area contributed by atoms with E-state index in [1.807, 2.05) is 0 Å². The zero-order valence-corrected chi connectivity index (χ0v) is 15.6. The van der Waals surface area contributed by atoms with Crippen molar-refractivity contribution in [1.29, 1.82) is 0 Å². The molecule has 1 atom stereocenters. The monoisotopic (exact) mass is 316 g/mol. The Hall–Kier alpha value is -1.48. The van der Waals surface area contributed by atoms with Crippen molar-refractivity contribution in [2.45, 2.75) is 73.1 Å². The molecule has 0 saturated heterocycles. The van der Waals surface area contributed by atoms with Crippen molar-refractivity contribution >= 4 is 10.9 Å². The minimum atomic E-state index is 0.252. The van der Waals surface area contributed by atoms with Gasteiger partial charge in [0.15, 0.2) is 0 Å². The number of rotatable bonds is 8.